The molecule has 3 nitrogen and oxygen atoms in total. The molecule has 0 spiro atoms. The molecule has 0 aromatic heterocycles. The van der Waals surface area contributed by atoms with E-state index in [1.54, 1.807) is 12.1 Å². The van der Waals surface area contributed by atoms with Crippen LogP contribution in [0.25, 0.3) is 0 Å². The van der Waals surface area contributed by atoms with Gasteiger partial charge in [0.1, 0.15) is 17.7 Å². The zero-order valence-corrected chi connectivity index (χ0v) is 13.2. The van der Waals surface area contributed by atoms with E-state index in [1.165, 1.54) is 37.9 Å². The van der Waals surface area contributed by atoms with Gasteiger partial charge in [-0.25, -0.2) is 4.39 Å². The molecule has 2 aliphatic heterocycles. The number of ether oxygens (including phenoxy) is 2. The lowest BCUT2D eigenvalue weighted by atomic mass is 9.96. The van der Waals surface area contributed by atoms with E-state index in [4.69, 9.17) is 9.47 Å². The highest BCUT2D eigenvalue weighted by molar-refractivity contribution is 5.22. The van der Waals surface area contributed by atoms with Gasteiger partial charge in [-0.3, -0.25) is 0 Å². The van der Waals surface area contributed by atoms with Gasteiger partial charge in [0.05, 0.1) is 0 Å². The van der Waals surface area contributed by atoms with Gasteiger partial charge in [-0.2, -0.15) is 0 Å². The Bertz CT molecular complexity index is 437. The molecule has 0 unspecified atom stereocenters. The van der Waals surface area contributed by atoms with Gasteiger partial charge in [0.25, 0.3) is 0 Å². The van der Waals surface area contributed by atoms with E-state index in [0.717, 1.165) is 50.8 Å². The molecule has 0 N–H and O–H groups in total. The number of rotatable bonds is 5. The lowest BCUT2D eigenvalue weighted by Crippen LogP contribution is -2.39. The SMILES string of the molecule is Fc1ccc(OC2CCN(CCC3CCOCC3)CC2)cc1. The van der Waals surface area contributed by atoms with E-state index in [1.807, 2.05) is 0 Å². The van der Waals surface area contributed by atoms with E-state index < -0.39 is 0 Å². The van der Waals surface area contributed by atoms with Crippen molar-refractivity contribution in [2.24, 2.45) is 5.92 Å². The number of piperidine rings is 1. The standard InChI is InChI=1S/C18H26FNO2/c19-16-1-3-17(4-2-16)22-18-6-11-20(12-7-18)10-5-15-8-13-21-14-9-15/h1-4,15,18H,5-14H2. The molecule has 1 aromatic carbocycles. The summed E-state index contributed by atoms with van der Waals surface area (Å²) >= 11 is 0. The molecule has 0 atom stereocenters. The Morgan fingerprint density at radius 2 is 1.73 bits per heavy atom. The van der Waals surface area contributed by atoms with E-state index in [-0.39, 0.29) is 11.9 Å². The normalized spacial score (nSPS) is 21.9. The predicted molar refractivity (Wildman–Crippen MR) is 84.7 cm³/mol. The number of hydrogen-bond acceptors (Lipinski definition) is 3. The molecular formula is C18H26FNO2. The summed E-state index contributed by atoms with van der Waals surface area (Å²) in [5, 5.41) is 0. The first-order valence-electron chi connectivity index (χ1n) is 8.52. The van der Waals surface area contributed by atoms with E-state index in [0.29, 0.717) is 0 Å². The second-order valence-corrected chi connectivity index (χ2v) is 6.46. The fourth-order valence-corrected chi connectivity index (χ4v) is 3.36. The maximum absolute atomic E-state index is 12.9. The Balaban J connectivity index is 1.36. The highest BCUT2D eigenvalue weighted by atomic mass is 19.1. The number of hydrogen-bond donors (Lipinski definition) is 0. The molecule has 22 heavy (non-hydrogen) atoms. The average molecular weight is 307 g/mol. The van der Waals surface area contributed by atoms with Crippen LogP contribution in [0.15, 0.2) is 24.3 Å². The first-order chi connectivity index (χ1) is 10.8. The van der Waals surface area contributed by atoms with Crippen LogP contribution in [0.3, 0.4) is 0 Å². The van der Waals surface area contributed by atoms with Crippen molar-refractivity contribution in [3.63, 3.8) is 0 Å². The lowest BCUT2D eigenvalue weighted by molar-refractivity contribution is 0.0543. The summed E-state index contributed by atoms with van der Waals surface area (Å²) in [5.74, 6) is 1.42. The molecule has 2 heterocycles. The Morgan fingerprint density at radius 3 is 2.41 bits per heavy atom. The zero-order valence-electron chi connectivity index (χ0n) is 13.2. The van der Waals surface area contributed by atoms with Crippen LogP contribution in [-0.4, -0.2) is 43.9 Å². The highest BCUT2D eigenvalue weighted by Crippen LogP contribution is 2.22. The van der Waals surface area contributed by atoms with Crippen molar-refractivity contribution in [3.8, 4) is 5.75 Å². The van der Waals surface area contributed by atoms with Crippen LogP contribution in [0.1, 0.15) is 32.1 Å². The molecule has 2 aliphatic rings. The summed E-state index contributed by atoms with van der Waals surface area (Å²) in [6.45, 7) is 5.30. The molecule has 2 fully saturated rings. The topological polar surface area (TPSA) is 21.7 Å². The van der Waals surface area contributed by atoms with Crippen LogP contribution in [0.4, 0.5) is 4.39 Å². The third-order valence-electron chi connectivity index (χ3n) is 4.85. The second kappa shape index (κ2) is 7.93. The Morgan fingerprint density at radius 1 is 1.05 bits per heavy atom. The van der Waals surface area contributed by atoms with Gasteiger partial charge in [0.15, 0.2) is 0 Å². The van der Waals surface area contributed by atoms with Crippen LogP contribution < -0.4 is 4.74 Å². The van der Waals surface area contributed by atoms with Gasteiger partial charge in [-0.1, -0.05) is 0 Å². The highest BCUT2D eigenvalue weighted by Gasteiger charge is 2.22. The van der Waals surface area contributed by atoms with Crippen molar-refractivity contribution in [1.82, 2.24) is 4.90 Å². The smallest absolute Gasteiger partial charge is 0.123 e. The zero-order chi connectivity index (χ0) is 15.2. The molecule has 0 radical (unpaired) electrons. The molecule has 0 bridgehead atoms. The Labute approximate surface area is 132 Å². The van der Waals surface area contributed by atoms with Gasteiger partial charge in [-0.05, 0) is 68.8 Å². The fourth-order valence-electron chi connectivity index (χ4n) is 3.36. The van der Waals surface area contributed by atoms with Crippen LogP contribution in [0.2, 0.25) is 0 Å². The maximum atomic E-state index is 12.9. The summed E-state index contributed by atoms with van der Waals surface area (Å²) in [6, 6.07) is 6.34. The number of halogens is 1. The van der Waals surface area contributed by atoms with Crippen LogP contribution in [-0.2, 0) is 4.74 Å². The van der Waals surface area contributed by atoms with Crippen molar-refractivity contribution < 1.29 is 13.9 Å². The molecule has 1 aromatic rings. The molecule has 2 saturated heterocycles. The van der Waals surface area contributed by atoms with Gasteiger partial charge < -0.3 is 14.4 Å². The quantitative estimate of drug-likeness (QED) is 0.831. The van der Waals surface area contributed by atoms with Crippen molar-refractivity contribution in [1.29, 1.82) is 0 Å². The first kappa shape index (κ1) is 15.8. The van der Waals surface area contributed by atoms with Crippen molar-refractivity contribution in [2.45, 2.75) is 38.2 Å². The van der Waals surface area contributed by atoms with Crippen LogP contribution in [0, 0.1) is 11.7 Å². The van der Waals surface area contributed by atoms with Crippen molar-refractivity contribution in [3.05, 3.63) is 30.1 Å². The molecular weight excluding hydrogens is 281 g/mol. The Kier molecular flexibility index (Phi) is 5.68. The molecule has 0 saturated carbocycles. The largest absolute Gasteiger partial charge is 0.490 e. The fraction of sp³-hybridized carbons (Fsp3) is 0.667. The lowest BCUT2D eigenvalue weighted by Gasteiger charge is -2.33. The van der Waals surface area contributed by atoms with Crippen LogP contribution in [0.5, 0.6) is 5.75 Å². The number of likely N-dealkylation sites (tertiary alicyclic amines) is 1. The molecule has 4 heteroatoms. The number of benzene rings is 1. The predicted octanol–water partition coefficient (Wildman–Crippen LogP) is 3.49. The summed E-state index contributed by atoms with van der Waals surface area (Å²) in [6.07, 6.45) is 6.14. The minimum atomic E-state index is -0.213. The molecule has 0 aliphatic carbocycles. The molecule has 122 valence electrons. The van der Waals surface area contributed by atoms with E-state index in [9.17, 15) is 4.39 Å². The van der Waals surface area contributed by atoms with E-state index >= 15 is 0 Å². The summed E-state index contributed by atoms with van der Waals surface area (Å²) < 4.78 is 24.2. The first-order valence-corrected chi connectivity index (χ1v) is 8.52. The minimum Gasteiger partial charge on any atom is -0.490 e. The van der Waals surface area contributed by atoms with Crippen molar-refractivity contribution in [2.75, 3.05) is 32.8 Å². The van der Waals surface area contributed by atoms with E-state index in [2.05, 4.69) is 4.90 Å². The Hall–Kier alpha value is -1.13. The molecule has 0 amide bonds. The van der Waals surface area contributed by atoms with Crippen LogP contribution >= 0.6 is 0 Å². The summed E-state index contributed by atoms with van der Waals surface area (Å²) in [5.41, 5.74) is 0. The minimum absolute atomic E-state index is 0.213. The third-order valence-corrected chi connectivity index (χ3v) is 4.85. The van der Waals surface area contributed by atoms with Gasteiger partial charge in [-0.15, -0.1) is 0 Å². The average Bonchev–Trinajstić information content (AvgIpc) is 2.57. The monoisotopic (exact) mass is 307 g/mol. The van der Waals surface area contributed by atoms with Gasteiger partial charge >= 0.3 is 0 Å². The maximum Gasteiger partial charge on any atom is 0.123 e. The van der Waals surface area contributed by atoms with Gasteiger partial charge in [0, 0.05) is 26.3 Å². The summed E-state index contributed by atoms with van der Waals surface area (Å²) in [4.78, 5) is 2.56. The summed E-state index contributed by atoms with van der Waals surface area (Å²) in [7, 11) is 0. The third kappa shape index (κ3) is 4.68. The van der Waals surface area contributed by atoms with Gasteiger partial charge in [0.2, 0.25) is 0 Å². The number of nitrogens with zero attached hydrogens (tertiary/aromatic N) is 1. The molecule has 3 rings (SSSR count). The van der Waals surface area contributed by atoms with Crippen molar-refractivity contribution >= 4 is 0 Å². The second-order valence-electron chi connectivity index (χ2n) is 6.46.